The molecule has 2 aromatic carbocycles. The van der Waals surface area contributed by atoms with E-state index < -0.39 is 0 Å². The molecule has 0 bridgehead atoms. The molecule has 3 rings (SSSR count). The predicted molar refractivity (Wildman–Crippen MR) is 83.9 cm³/mol. The fourth-order valence-corrected chi connectivity index (χ4v) is 2.67. The molecule has 1 heterocycles. The number of amides is 1. The molecule has 0 radical (unpaired) electrons. The quantitative estimate of drug-likeness (QED) is 0.915. The maximum atomic E-state index is 12.4. The maximum Gasteiger partial charge on any atom is 0.231 e. The number of anilines is 1. The van der Waals surface area contributed by atoms with Gasteiger partial charge in [0.1, 0.15) is 12.4 Å². The summed E-state index contributed by atoms with van der Waals surface area (Å²) in [6.07, 6.45) is 0.646. The lowest BCUT2D eigenvalue weighted by Crippen LogP contribution is -2.32. The molecule has 0 aliphatic carbocycles. The highest BCUT2D eigenvalue weighted by Gasteiger charge is 2.26. The molecule has 0 saturated heterocycles. The Morgan fingerprint density at radius 3 is 2.90 bits per heavy atom. The fraction of sp³-hybridized carbons (Fsp3) is 0.235. The average Bonchev–Trinajstić information content (AvgIpc) is 2.48. The molecule has 1 amide bonds. The van der Waals surface area contributed by atoms with Crippen LogP contribution < -0.4 is 10.1 Å². The molecule has 1 atom stereocenters. The summed E-state index contributed by atoms with van der Waals surface area (Å²) >= 11 is 6.00. The van der Waals surface area contributed by atoms with Crippen LogP contribution in [0.2, 0.25) is 5.02 Å². The Labute approximate surface area is 128 Å². The Morgan fingerprint density at radius 1 is 1.29 bits per heavy atom. The number of benzene rings is 2. The number of nitrogens with one attached hydrogen (secondary N) is 1. The molecule has 0 spiro atoms. The smallest absolute Gasteiger partial charge is 0.231 e. The molecule has 0 aromatic heterocycles. The molecule has 3 nitrogen and oxygen atoms in total. The van der Waals surface area contributed by atoms with Gasteiger partial charge in [-0.05, 0) is 48.7 Å². The van der Waals surface area contributed by atoms with Crippen LogP contribution in [0, 0.1) is 12.8 Å². The van der Waals surface area contributed by atoms with Gasteiger partial charge in [0.15, 0.2) is 0 Å². The van der Waals surface area contributed by atoms with Gasteiger partial charge < -0.3 is 10.1 Å². The lowest BCUT2D eigenvalue weighted by atomic mass is 9.96. The molecule has 0 fully saturated rings. The Bertz CT molecular complexity index is 684. The largest absolute Gasteiger partial charge is 0.492 e. The molecule has 0 unspecified atom stereocenters. The first-order valence-corrected chi connectivity index (χ1v) is 7.29. The van der Waals surface area contributed by atoms with Crippen LogP contribution in [0.25, 0.3) is 0 Å². The predicted octanol–water partition coefficient (Wildman–Crippen LogP) is 3.84. The highest BCUT2D eigenvalue weighted by molar-refractivity contribution is 6.30. The fourth-order valence-electron chi connectivity index (χ4n) is 2.48. The number of hydrogen-bond acceptors (Lipinski definition) is 2. The van der Waals surface area contributed by atoms with E-state index in [2.05, 4.69) is 5.32 Å². The second-order valence-electron chi connectivity index (χ2n) is 5.27. The number of rotatable bonds is 2. The Hall–Kier alpha value is -2.00. The number of para-hydroxylation sites is 1. The number of carbonyl (C=O) groups excluding carboxylic acids is 1. The van der Waals surface area contributed by atoms with Gasteiger partial charge in [0.25, 0.3) is 0 Å². The molecule has 1 aliphatic heterocycles. The number of fused-ring (bicyclic) bond motifs is 1. The van der Waals surface area contributed by atoms with Gasteiger partial charge in [0.2, 0.25) is 5.91 Å². The lowest BCUT2D eigenvalue weighted by Gasteiger charge is -2.25. The second kappa shape index (κ2) is 5.78. The van der Waals surface area contributed by atoms with Crippen molar-refractivity contribution in [1.82, 2.24) is 0 Å². The van der Waals surface area contributed by atoms with Crippen LogP contribution in [0.15, 0.2) is 42.5 Å². The van der Waals surface area contributed by atoms with E-state index in [1.165, 1.54) is 0 Å². The molecular weight excluding hydrogens is 286 g/mol. The Morgan fingerprint density at radius 2 is 2.10 bits per heavy atom. The maximum absolute atomic E-state index is 12.4. The topological polar surface area (TPSA) is 38.3 Å². The standard InChI is InChI=1S/C17H16ClNO2/c1-11-4-2-3-5-15(11)19-17(20)13-8-12-9-14(18)6-7-16(12)21-10-13/h2-7,9,13H,8,10H2,1H3,(H,19,20)/t13-/m1/s1. The van der Waals surface area contributed by atoms with E-state index in [1.807, 2.05) is 43.3 Å². The minimum Gasteiger partial charge on any atom is -0.492 e. The summed E-state index contributed by atoms with van der Waals surface area (Å²) < 4.78 is 5.66. The molecule has 0 saturated carbocycles. The number of halogens is 1. The molecule has 21 heavy (non-hydrogen) atoms. The molecule has 4 heteroatoms. The number of ether oxygens (including phenoxy) is 1. The van der Waals surface area contributed by atoms with E-state index in [0.29, 0.717) is 18.1 Å². The van der Waals surface area contributed by atoms with Crippen LogP contribution in [0.3, 0.4) is 0 Å². The highest BCUT2D eigenvalue weighted by atomic mass is 35.5. The minimum absolute atomic E-state index is 0.0186. The van der Waals surface area contributed by atoms with Crippen molar-refractivity contribution < 1.29 is 9.53 Å². The summed E-state index contributed by atoms with van der Waals surface area (Å²) in [5, 5.41) is 3.64. The first-order valence-electron chi connectivity index (χ1n) is 6.91. The average molecular weight is 302 g/mol. The summed E-state index contributed by atoms with van der Waals surface area (Å²) in [4.78, 5) is 12.4. The summed E-state index contributed by atoms with van der Waals surface area (Å²) in [7, 11) is 0. The van der Waals surface area contributed by atoms with E-state index in [-0.39, 0.29) is 11.8 Å². The highest BCUT2D eigenvalue weighted by Crippen LogP contribution is 2.30. The Balaban J connectivity index is 1.74. The van der Waals surface area contributed by atoms with Gasteiger partial charge in [0, 0.05) is 10.7 Å². The number of aryl methyl sites for hydroxylation is 1. The third-order valence-corrected chi connectivity index (χ3v) is 3.94. The molecule has 1 aliphatic rings. The lowest BCUT2D eigenvalue weighted by molar-refractivity contribution is -0.121. The molecule has 1 N–H and O–H groups in total. The zero-order valence-corrected chi connectivity index (χ0v) is 12.5. The van der Waals surface area contributed by atoms with Crippen molar-refractivity contribution >= 4 is 23.2 Å². The summed E-state index contributed by atoms with van der Waals surface area (Å²) in [6.45, 7) is 2.37. The van der Waals surface area contributed by atoms with Crippen molar-refractivity contribution in [2.75, 3.05) is 11.9 Å². The SMILES string of the molecule is Cc1ccccc1NC(=O)[C@H]1COc2ccc(Cl)cc2C1. The second-order valence-corrected chi connectivity index (χ2v) is 5.70. The van der Waals surface area contributed by atoms with Crippen LogP contribution in [-0.2, 0) is 11.2 Å². The van der Waals surface area contributed by atoms with Gasteiger partial charge in [-0.25, -0.2) is 0 Å². The van der Waals surface area contributed by atoms with E-state index in [9.17, 15) is 4.79 Å². The van der Waals surface area contributed by atoms with E-state index >= 15 is 0 Å². The summed E-state index contributed by atoms with van der Waals surface area (Å²) in [5.74, 6) is 0.602. The van der Waals surface area contributed by atoms with Crippen LogP contribution in [0.5, 0.6) is 5.75 Å². The first kappa shape index (κ1) is 14.0. The molecule has 108 valence electrons. The third-order valence-electron chi connectivity index (χ3n) is 3.70. The Kier molecular flexibility index (Phi) is 3.84. The molecule has 2 aromatic rings. The van der Waals surface area contributed by atoms with Gasteiger partial charge in [0.05, 0.1) is 5.92 Å². The van der Waals surface area contributed by atoms with Crippen LogP contribution >= 0.6 is 11.6 Å². The summed E-state index contributed by atoms with van der Waals surface area (Å²) in [6, 6.07) is 13.3. The van der Waals surface area contributed by atoms with Gasteiger partial charge in [-0.15, -0.1) is 0 Å². The van der Waals surface area contributed by atoms with Crippen molar-refractivity contribution in [3.05, 3.63) is 58.6 Å². The monoisotopic (exact) mass is 301 g/mol. The van der Waals surface area contributed by atoms with E-state index in [4.69, 9.17) is 16.3 Å². The van der Waals surface area contributed by atoms with Gasteiger partial charge >= 0.3 is 0 Å². The van der Waals surface area contributed by atoms with Crippen LogP contribution in [-0.4, -0.2) is 12.5 Å². The van der Waals surface area contributed by atoms with Crippen molar-refractivity contribution in [3.8, 4) is 5.75 Å². The zero-order chi connectivity index (χ0) is 14.8. The first-order chi connectivity index (χ1) is 10.1. The van der Waals surface area contributed by atoms with Crippen molar-refractivity contribution in [3.63, 3.8) is 0 Å². The zero-order valence-electron chi connectivity index (χ0n) is 11.7. The van der Waals surface area contributed by atoms with Gasteiger partial charge in [-0.2, -0.15) is 0 Å². The van der Waals surface area contributed by atoms with Crippen LogP contribution in [0.1, 0.15) is 11.1 Å². The van der Waals surface area contributed by atoms with E-state index in [1.54, 1.807) is 6.07 Å². The van der Waals surface area contributed by atoms with Crippen LogP contribution in [0.4, 0.5) is 5.69 Å². The van der Waals surface area contributed by atoms with Gasteiger partial charge in [-0.1, -0.05) is 29.8 Å². The van der Waals surface area contributed by atoms with Gasteiger partial charge in [-0.3, -0.25) is 4.79 Å². The number of carbonyl (C=O) groups is 1. The summed E-state index contributed by atoms with van der Waals surface area (Å²) in [5.41, 5.74) is 2.88. The van der Waals surface area contributed by atoms with E-state index in [0.717, 1.165) is 22.6 Å². The molecular formula is C17H16ClNO2. The van der Waals surface area contributed by atoms with Crippen molar-refractivity contribution in [2.45, 2.75) is 13.3 Å². The third kappa shape index (κ3) is 3.03. The van der Waals surface area contributed by atoms with Crippen molar-refractivity contribution in [1.29, 1.82) is 0 Å². The van der Waals surface area contributed by atoms with Crippen molar-refractivity contribution in [2.24, 2.45) is 5.92 Å². The number of hydrogen-bond donors (Lipinski definition) is 1. The normalized spacial score (nSPS) is 16.8. The minimum atomic E-state index is -0.199.